The number of aliphatic imine (C=N–C) groups is 1. The fraction of sp³-hybridized carbons (Fsp3) is 0.650. The highest BCUT2D eigenvalue weighted by Gasteiger charge is 2.23. The minimum atomic E-state index is 0.443. The monoisotopic (exact) mass is 346 g/mol. The standard InChI is InChI=1S/C20H34N4O/c1-3-5-15-25-16-9-13-22-20(21-4-2)23-18-12-14-24(17-18)19-10-7-6-8-11-19/h6-8,10-11,18H,3-5,9,12-17H2,1-2H3,(H2,21,22,23). The maximum Gasteiger partial charge on any atom is 0.191 e. The van der Waals surface area contributed by atoms with Crippen molar-refractivity contribution in [1.82, 2.24) is 10.6 Å². The quantitative estimate of drug-likeness (QED) is 0.388. The summed E-state index contributed by atoms with van der Waals surface area (Å²) in [5, 5.41) is 6.94. The third kappa shape index (κ3) is 7.34. The predicted octanol–water partition coefficient (Wildman–Crippen LogP) is 3.03. The zero-order valence-corrected chi connectivity index (χ0v) is 15.8. The first-order chi connectivity index (χ1) is 12.3. The van der Waals surface area contributed by atoms with Crippen molar-refractivity contribution in [3.05, 3.63) is 30.3 Å². The van der Waals surface area contributed by atoms with Gasteiger partial charge in [0.05, 0.1) is 0 Å². The molecule has 1 aliphatic heterocycles. The van der Waals surface area contributed by atoms with Gasteiger partial charge in [-0.15, -0.1) is 0 Å². The predicted molar refractivity (Wildman–Crippen MR) is 107 cm³/mol. The van der Waals surface area contributed by atoms with Crippen molar-refractivity contribution in [3.8, 4) is 0 Å². The molecule has 140 valence electrons. The Morgan fingerprint density at radius 3 is 2.76 bits per heavy atom. The SMILES string of the molecule is CCCCOCCCN=C(NCC)NC1CCN(c2ccccc2)C1. The van der Waals surface area contributed by atoms with Crippen molar-refractivity contribution in [2.24, 2.45) is 4.99 Å². The van der Waals surface area contributed by atoms with Crippen LogP contribution in [0, 0.1) is 0 Å². The lowest BCUT2D eigenvalue weighted by molar-refractivity contribution is 0.130. The number of para-hydroxylation sites is 1. The molecule has 1 heterocycles. The highest BCUT2D eigenvalue weighted by Crippen LogP contribution is 2.19. The number of hydrogen-bond acceptors (Lipinski definition) is 3. The van der Waals surface area contributed by atoms with E-state index in [0.717, 1.165) is 64.6 Å². The molecule has 1 aromatic rings. The van der Waals surface area contributed by atoms with E-state index in [1.165, 1.54) is 12.1 Å². The summed E-state index contributed by atoms with van der Waals surface area (Å²) in [5.41, 5.74) is 1.30. The molecule has 0 aliphatic carbocycles. The fourth-order valence-corrected chi connectivity index (χ4v) is 2.97. The summed E-state index contributed by atoms with van der Waals surface area (Å²) < 4.78 is 5.60. The van der Waals surface area contributed by atoms with Gasteiger partial charge in [0.2, 0.25) is 0 Å². The number of guanidine groups is 1. The van der Waals surface area contributed by atoms with Gasteiger partial charge < -0.3 is 20.3 Å². The first kappa shape index (κ1) is 19.6. The van der Waals surface area contributed by atoms with Crippen molar-refractivity contribution in [2.75, 3.05) is 44.3 Å². The van der Waals surface area contributed by atoms with Gasteiger partial charge in [-0.3, -0.25) is 4.99 Å². The molecule has 1 aromatic carbocycles. The van der Waals surface area contributed by atoms with Gasteiger partial charge in [-0.1, -0.05) is 31.5 Å². The van der Waals surface area contributed by atoms with E-state index in [4.69, 9.17) is 4.74 Å². The van der Waals surface area contributed by atoms with Crippen LogP contribution in [0.5, 0.6) is 0 Å². The number of rotatable bonds is 10. The molecule has 25 heavy (non-hydrogen) atoms. The first-order valence-corrected chi connectivity index (χ1v) is 9.76. The van der Waals surface area contributed by atoms with Crippen LogP contribution in [-0.4, -0.2) is 51.4 Å². The highest BCUT2D eigenvalue weighted by atomic mass is 16.5. The summed E-state index contributed by atoms with van der Waals surface area (Å²) in [4.78, 5) is 7.12. The van der Waals surface area contributed by atoms with Crippen molar-refractivity contribution < 1.29 is 4.74 Å². The van der Waals surface area contributed by atoms with Gasteiger partial charge in [0.1, 0.15) is 0 Å². The summed E-state index contributed by atoms with van der Waals surface area (Å²) in [6.07, 6.45) is 4.45. The Bertz CT molecular complexity index is 492. The van der Waals surface area contributed by atoms with E-state index in [2.05, 4.69) is 64.7 Å². The second-order valence-electron chi connectivity index (χ2n) is 6.49. The minimum Gasteiger partial charge on any atom is -0.381 e. The molecule has 0 radical (unpaired) electrons. The molecule has 0 spiro atoms. The van der Waals surface area contributed by atoms with Crippen LogP contribution in [0.1, 0.15) is 39.5 Å². The summed E-state index contributed by atoms with van der Waals surface area (Å²) in [7, 11) is 0. The van der Waals surface area contributed by atoms with Crippen LogP contribution in [0.4, 0.5) is 5.69 Å². The van der Waals surface area contributed by atoms with Gasteiger partial charge in [-0.25, -0.2) is 0 Å². The van der Waals surface area contributed by atoms with E-state index in [1.807, 2.05) is 0 Å². The average molecular weight is 347 g/mol. The molecule has 1 unspecified atom stereocenters. The van der Waals surface area contributed by atoms with Crippen LogP contribution >= 0.6 is 0 Å². The Labute approximate surface area is 152 Å². The molecule has 1 atom stereocenters. The smallest absolute Gasteiger partial charge is 0.191 e. The molecule has 2 N–H and O–H groups in total. The summed E-state index contributed by atoms with van der Waals surface area (Å²) in [6.45, 7) is 9.76. The topological polar surface area (TPSA) is 48.9 Å². The number of unbranched alkanes of at least 4 members (excludes halogenated alkanes) is 1. The van der Waals surface area contributed by atoms with E-state index in [9.17, 15) is 0 Å². The molecule has 5 heteroatoms. The Balaban J connectivity index is 1.72. The summed E-state index contributed by atoms with van der Waals surface area (Å²) in [6, 6.07) is 11.1. The van der Waals surface area contributed by atoms with E-state index in [-0.39, 0.29) is 0 Å². The van der Waals surface area contributed by atoms with Crippen LogP contribution in [0.3, 0.4) is 0 Å². The van der Waals surface area contributed by atoms with Crippen LogP contribution < -0.4 is 15.5 Å². The fourth-order valence-electron chi connectivity index (χ4n) is 2.97. The van der Waals surface area contributed by atoms with E-state index < -0.39 is 0 Å². The molecular weight excluding hydrogens is 312 g/mol. The van der Waals surface area contributed by atoms with Gasteiger partial charge in [0.15, 0.2) is 5.96 Å². The number of nitrogens with one attached hydrogen (secondary N) is 2. The van der Waals surface area contributed by atoms with E-state index in [1.54, 1.807) is 0 Å². The van der Waals surface area contributed by atoms with Crippen molar-refractivity contribution in [2.45, 2.75) is 45.6 Å². The number of hydrogen-bond donors (Lipinski definition) is 2. The average Bonchev–Trinajstić information content (AvgIpc) is 3.10. The molecule has 0 bridgehead atoms. The first-order valence-electron chi connectivity index (χ1n) is 9.76. The lowest BCUT2D eigenvalue weighted by atomic mass is 10.3. The molecule has 1 aliphatic rings. The normalized spacial score (nSPS) is 17.8. The molecule has 0 saturated carbocycles. The van der Waals surface area contributed by atoms with Gasteiger partial charge in [-0.05, 0) is 38.3 Å². The lowest BCUT2D eigenvalue weighted by Gasteiger charge is -2.20. The van der Waals surface area contributed by atoms with Crippen LogP contribution in [-0.2, 0) is 4.74 Å². The van der Waals surface area contributed by atoms with Crippen LogP contribution in [0.15, 0.2) is 35.3 Å². The van der Waals surface area contributed by atoms with Crippen LogP contribution in [0.25, 0.3) is 0 Å². The Morgan fingerprint density at radius 2 is 2.00 bits per heavy atom. The molecular formula is C20H34N4O. The second kappa shape index (κ2) is 11.7. The minimum absolute atomic E-state index is 0.443. The largest absolute Gasteiger partial charge is 0.381 e. The number of nitrogens with zero attached hydrogens (tertiary/aromatic N) is 2. The van der Waals surface area contributed by atoms with Gasteiger partial charge in [0, 0.05) is 51.1 Å². The lowest BCUT2D eigenvalue weighted by Crippen LogP contribution is -2.44. The van der Waals surface area contributed by atoms with Crippen LogP contribution in [0.2, 0.25) is 0 Å². The number of ether oxygens (including phenoxy) is 1. The maximum atomic E-state index is 5.60. The summed E-state index contributed by atoms with van der Waals surface area (Å²) >= 11 is 0. The van der Waals surface area contributed by atoms with E-state index >= 15 is 0 Å². The third-order valence-corrected chi connectivity index (χ3v) is 4.35. The number of benzene rings is 1. The molecule has 1 fully saturated rings. The van der Waals surface area contributed by atoms with Gasteiger partial charge in [0.25, 0.3) is 0 Å². The zero-order valence-electron chi connectivity index (χ0n) is 15.8. The molecule has 0 aromatic heterocycles. The van der Waals surface area contributed by atoms with Gasteiger partial charge >= 0.3 is 0 Å². The Hall–Kier alpha value is -1.75. The molecule has 5 nitrogen and oxygen atoms in total. The second-order valence-corrected chi connectivity index (χ2v) is 6.49. The molecule has 0 amide bonds. The van der Waals surface area contributed by atoms with Gasteiger partial charge in [-0.2, -0.15) is 0 Å². The Morgan fingerprint density at radius 1 is 1.20 bits per heavy atom. The molecule has 1 saturated heterocycles. The van der Waals surface area contributed by atoms with E-state index in [0.29, 0.717) is 6.04 Å². The van der Waals surface area contributed by atoms with Crippen molar-refractivity contribution in [3.63, 3.8) is 0 Å². The third-order valence-electron chi connectivity index (χ3n) is 4.35. The maximum absolute atomic E-state index is 5.60. The molecule has 2 rings (SSSR count). The van der Waals surface area contributed by atoms with Crippen molar-refractivity contribution in [1.29, 1.82) is 0 Å². The summed E-state index contributed by atoms with van der Waals surface area (Å²) in [5.74, 6) is 0.927. The number of anilines is 1. The zero-order chi connectivity index (χ0) is 17.7. The van der Waals surface area contributed by atoms with Crippen molar-refractivity contribution >= 4 is 11.6 Å². The Kier molecular flexibility index (Phi) is 9.19. The highest BCUT2D eigenvalue weighted by molar-refractivity contribution is 5.80.